The minimum Gasteiger partial charge on any atom is -0.493 e. The van der Waals surface area contributed by atoms with E-state index in [4.69, 9.17) is 13.7 Å². The van der Waals surface area contributed by atoms with Crippen LogP contribution in [-0.4, -0.2) is 34.3 Å². The molecule has 0 aromatic heterocycles. The van der Waals surface area contributed by atoms with Gasteiger partial charge in [0.1, 0.15) is 4.90 Å². The SMILES string of the molecule is CCCOc1ccc(C(=O)N/N=C/c2cc(Br)c(OS(=O)(=O)c3ccccc3)c(Br)c2)cc1OC. The van der Waals surface area contributed by atoms with E-state index in [0.29, 0.717) is 38.2 Å². The van der Waals surface area contributed by atoms with Crippen molar-refractivity contribution in [1.82, 2.24) is 5.43 Å². The molecule has 3 aromatic rings. The van der Waals surface area contributed by atoms with Gasteiger partial charge in [-0.3, -0.25) is 4.79 Å². The van der Waals surface area contributed by atoms with Gasteiger partial charge in [0.15, 0.2) is 17.2 Å². The molecule has 1 amide bonds. The second-order valence-electron chi connectivity index (χ2n) is 7.08. The van der Waals surface area contributed by atoms with Crippen LogP contribution in [0.1, 0.15) is 29.3 Å². The van der Waals surface area contributed by atoms with Crippen molar-refractivity contribution in [3.8, 4) is 17.2 Å². The summed E-state index contributed by atoms with van der Waals surface area (Å²) in [4.78, 5) is 12.5. The fourth-order valence-corrected chi connectivity index (χ4v) is 5.43. The number of rotatable bonds is 10. The largest absolute Gasteiger partial charge is 0.493 e. The van der Waals surface area contributed by atoms with E-state index in [1.54, 1.807) is 48.5 Å². The van der Waals surface area contributed by atoms with E-state index in [2.05, 4.69) is 42.4 Å². The van der Waals surface area contributed by atoms with Crippen LogP contribution in [0, 0.1) is 0 Å². The summed E-state index contributed by atoms with van der Waals surface area (Å²) in [6.45, 7) is 2.54. The molecule has 3 rings (SSSR count). The number of hydrogen-bond donors (Lipinski definition) is 1. The van der Waals surface area contributed by atoms with Crippen LogP contribution in [0.2, 0.25) is 0 Å². The lowest BCUT2D eigenvalue weighted by Gasteiger charge is -2.11. The molecule has 0 aliphatic heterocycles. The van der Waals surface area contributed by atoms with E-state index in [9.17, 15) is 13.2 Å². The number of amides is 1. The second-order valence-corrected chi connectivity index (χ2v) is 10.3. The quantitative estimate of drug-likeness (QED) is 0.180. The highest BCUT2D eigenvalue weighted by Gasteiger charge is 2.20. The molecule has 0 atom stereocenters. The highest BCUT2D eigenvalue weighted by Crippen LogP contribution is 2.36. The fourth-order valence-electron chi connectivity index (χ4n) is 2.85. The van der Waals surface area contributed by atoms with Crippen molar-refractivity contribution >= 4 is 54.1 Å². The molecule has 0 aliphatic rings. The molecule has 0 saturated heterocycles. The van der Waals surface area contributed by atoms with E-state index in [1.165, 1.54) is 25.5 Å². The Labute approximate surface area is 220 Å². The van der Waals surface area contributed by atoms with Crippen molar-refractivity contribution < 1.29 is 26.9 Å². The summed E-state index contributed by atoms with van der Waals surface area (Å²) in [7, 11) is -2.51. The predicted molar refractivity (Wildman–Crippen MR) is 140 cm³/mol. The molecule has 0 fully saturated rings. The van der Waals surface area contributed by atoms with Crippen LogP contribution in [0.5, 0.6) is 17.2 Å². The van der Waals surface area contributed by atoms with Crippen molar-refractivity contribution in [2.45, 2.75) is 18.2 Å². The fraction of sp³-hybridized carbons (Fsp3) is 0.167. The molecule has 0 heterocycles. The molecule has 0 spiro atoms. The zero-order valence-electron chi connectivity index (χ0n) is 18.8. The van der Waals surface area contributed by atoms with Gasteiger partial charge in [-0.05, 0) is 86.3 Å². The summed E-state index contributed by atoms with van der Waals surface area (Å²) in [6.07, 6.45) is 2.27. The maximum atomic E-state index is 12.5. The summed E-state index contributed by atoms with van der Waals surface area (Å²) in [5.41, 5.74) is 3.38. The monoisotopic (exact) mass is 624 g/mol. The normalized spacial score (nSPS) is 11.3. The first-order valence-corrected chi connectivity index (χ1v) is 13.4. The molecule has 35 heavy (non-hydrogen) atoms. The molecule has 1 N–H and O–H groups in total. The van der Waals surface area contributed by atoms with Gasteiger partial charge in [0.05, 0.1) is 28.9 Å². The van der Waals surface area contributed by atoms with Crippen molar-refractivity contribution in [1.29, 1.82) is 0 Å². The summed E-state index contributed by atoms with van der Waals surface area (Å²) >= 11 is 6.65. The molecule has 3 aromatic carbocycles. The Morgan fingerprint density at radius 3 is 2.34 bits per heavy atom. The Hall–Kier alpha value is -2.89. The third kappa shape index (κ3) is 7.06. The van der Waals surface area contributed by atoms with Crippen LogP contribution < -0.4 is 19.1 Å². The minimum atomic E-state index is -4.01. The number of carbonyl (C=O) groups excluding carboxylic acids is 1. The van der Waals surface area contributed by atoms with Crippen molar-refractivity contribution in [2.24, 2.45) is 5.10 Å². The zero-order valence-corrected chi connectivity index (χ0v) is 22.8. The molecular weight excluding hydrogens is 604 g/mol. The maximum Gasteiger partial charge on any atom is 0.339 e. The van der Waals surface area contributed by atoms with Crippen LogP contribution in [0.3, 0.4) is 0 Å². The van der Waals surface area contributed by atoms with Gasteiger partial charge in [0.25, 0.3) is 5.91 Å². The van der Waals surface area contributed by atoms with Gasteiger partial charge in [0.2, 0.25) is 0 Å². The number of ether oxygens (including phenoxy) is 2. The maximum absolute atomic E-state index is 12.5. The molecule has 0 radical (unpaired) electrons. The molecule has 0 bridgehead atoms. The average Bonchev–Trinajstić information content (AvgIpc) is 2.85. The van der Waals surface area contributed by atoms with Crippen LogP contribution in [0.15, 0.2) is 79.6 Å². The Bertz CT molecular complexity index is 1310. The lowest BCUT2D eigenvalue weighted by molar-refractivity contribution is 0.0954. The number of carbonyl (C=O) groups is 1. The molecule has 184 valence electrons. The number of nitrogens with one attached hydrogen (secondary N) is 1. The van der Waals surface area contributed by atoms with Gasteiger partial charge in [0, 0.05) is 5.56 Å². The zero-order chi connectivity index (χ0) is 25.4. The van der Waals surface area contributed by atoms with E-state index in [0.717, 1.165) is 6.42 Å². The van der Waals surface area contributed by atoms with Gasteiger partial charge in [-0.25, -0.2) is 5.43 Å². The van der Waals surface area contributed by atoms with Crippen LogP contribution >= 0.6 is 31.9 Å². The molecule has 0 aliphatic carbocycles. The number of hydrazone groups is 1. The summed E-state index contributed by atoms with van der Waals surface area (Å²) in [6, 6.07) is 15.9. The first-order chi connectivity index (χ1) is 16.7. The number of halogens is 2. The van der Waals surface area contributed by atoms with Crippen LogP contribution in [-0.2, 0) is 10.1 Å². The summed E-state index contributed by atoms with van der Waals surface area (Å²) in [5, 5.41) is 3.98. The van der Waals surface area contributed by atoms with E-state index in [1.807, 2.05) is 6.92 Å². The third-order valence-corrected chi connectivity index (χ3v) is 6.93. The number of benzene rings is 3. The van der Waals surface area contributed by atoms with Crippen molar-refractivity contribution in [3.05, 3.63) is 80.7 Å². The van der Waals surface area contributed by atoms with Gasteiger partial charge >= 0.3 is 10.1 Å². The topological polar surface area (TPSA) is 103 Å². The Balaban J connectivity index is 1.70. The number of nitrogens with zero attached hydrogens (tertiary/aromatic N) is 1. The van der Waals surface area contributed by atoms with Crippen molar-refractivity contribution in [3.63, 3.8) is 0 Å². The Kier molecular flexibility index (Phi) is 9.30. The second kappa shape index (κ2) is 12.2. The van der Waals surface area contributed by atoms with Gasteiger partial charge in [-0.1, -0.05) is 25.1 Å². The molecule has 8 nitrogen and oxygen atoms in total. The number of hydrogen-bond acceptors (Lipinski definition) is 7. The lowest BCUT2D eigenvalue weighted by atomic mass is 10.2. The smallest absolute Gasteiger partial charge is 0.339 e. The molecule has 0 unspecified atom stereocenters. The van der Waals surface area contributed by atoms with E-state index < -0.39 is 16.0 Å². The molecule has 0 saturated carbocycles. The van der Waals surface area contributed by atoms with Crippen LogP contribution in [0.25, 0.3) is 0 Å². The first kappa shape index (κ1) is 26.7. The minimum absolute atomic E-state index is 0.0359. The highest BCUT2D eigenvalue weighted by atomic mass is 79.9. The number of methoxy groups -OCH3 is 1. The molecular formula is C24H22Br2N2O6S. The first-order valence-electron chi connectivity index (χ1n) is 10.4. The third-order valence-electron chi connectivity index (χ3n) is 4.51. The van der Waals surface area contributed by atoms with E-state index >= 15 is 0 Å². The standard InChI is InChI=1S/C24H22Br2N2O6S/c1-3-11-33-21-10-9-17(14-22(21)32-2)24(29)28-27-15-16-12-19(25)23(20(26)13-16)34-35(30,31)18-7-5-4-6-8-18/h4-10,12-15H,3,11H2,1-2H3,(H,28,29)/b27-15+. The Morgan fingerprint density at radius 1 is 1.03 bits per heavy atom. The lowest BCUT2D eigenvalue weighted by Crippen LogP contribution is -2.17. The highest BCUT2D eigenvalue weighted by molar-refractivity contribution is 9.11. The predicted octanol–water partition coefficient (Wildman–Crippen LogP) is 5.54. The molecule has 11 heteroatoms. The van der Waals surface area contributed by atoms with Crippen molar-refractivity contribution in [2.75, 3.05) is 13.7 Å². The Morgan fingerprint density at radius 2 is 1.71 bits per heavy atom. The van der Waals surface area contributed by atoms with Gasteiger partial charge in [-0.15, -0.1) is 0 Å². The summed E-state index contributed by atoms with van der Waals surface area (Å²) < 4.78 is 42.0. The van der Waals surface area contributed by atoms with Gasteiger partial charge in [-0.2, -0.15) is 13.5 Å². The van der Waals surface area contributed by atoms with Gasteiger partial charge < -0.3 is 13.7 Å². The summed E-state index contributed by atoms with van der Waals surface area (Å²) in [5.74, 6) is 0.658. The van der Waals surface area contributed by atoms with Crippen LogP contribution in [0.4, 0.5) is 0 Å². The average molecular weight is 626 g/mol. The van der Waals surface area contributed by atoms with E-state index in [-0.39, 0.29) is 10.6 Å².